The van der Waals surface area contributed by atoms with Gasteiger partial charge in [0.2, 0.25) is 5.95 Å². The Bertz CT molecular complexity index is 785. The molecule has 2 aromatic heterocycles. The zero-order valence-electron chi connectivity index (χ0n) is 9.44. The number of hydrogen-bond donors (Lipinski definition) is 1. The summed E-state index contributed by atoms with van der Waals surface area (Å²) in [5.41, 5.74) is 6.01. The molecule has 0 spiro atoms. The standard InChI is InChI=1S/C12H7ClF2N4/c13-6-1-2-7(8(14)3-6)10-4-9(15)11-5-17-12(16)18-19(10)11/h1-5H,(H2,16,18). The van der Waals surface area contributed by atoms with Crippen molar-refractivity contribution in [1.82, 2.24) is 14.6 Å². The predicted octanol–water partition coefficient (Wildman–Crippen LogP) is 2.91. The van der Waals surface area contributed by atoms with Crippen molar-refractivity contribution in [2.45, 2.75) is 0 Å². The third-order valence-electron chi connectivity index (χ3n) is 2.69. The van der Waals surface area contributed by atoms with Crippen LogP contribution in [0.2, 0.25) is 5.02 Å². The molecular formula is C12H7ClF2N4. The maximum atomic E-state index is 13.9. The number of aromatic nitrogens is 3. The number of fused-ring (bicyclic) bond motifs is 1. The van der Waals surface area contributed by atoms with Gasteiger partial charge in [-0.2, -0.15) is 0 Å². The highest BCUT2D eigenvalue weighted by Gasteiger charge is 2.15. The van der Waals surface area contributed by atoms with Crippen molar-refractivity contribution in [2.24, 2.45) is 0 Å². The molecule has 2 N–H and O–H groups in total. The molecular weight excluding hydrogens is 274 g/mol. The first kappa shape index (κ1) is 11.9. The van der Waals surface area contributed by atoms with Crippen LogP contribution in [-0.4, -0.2) is 14.6 Å². The lowest BCUT2D eigenvalue weighted by atomic mass is 10.1. The Morgan fingerprint density at radius 2 is 1.95 bits per heavy atom. The van der Waals surface area contributed by atoms with Crippen LogP contribution in [0.4, 0.5) is 14.7 Å². The summed E-state index contributed by atoms with van der Waals surface area (Å²) in [6.45, 7) is 0. The molecule has 0 saturated carbocycles. The molecule has 1 aromatic carbocycles. The van der Waals surface area contributed by atoms with Crippen molar-refractivity contribution in [3.63, 3.8) is 0 Å². The van der Waals surface area contributed by atoms with Gasteiger partial charge in [-0.3, -0.25) is 0 Å². The second-order valence-corrected chi connectivity index (χ2v) is 4.35. The van der Waals surface area contributed by atoms with E-state index in [9.17, 15) is 8.78 Å². The molecule has 0 bridgehead atoms. The summed E-state index contributed by atoms with van der Waals surface area (Å²) in [6.07, 6.45) is 1.25. The SMILES string of the molecule is Nc1ncc2c(F)cc(-c3ccc(Cl)cc3F)n2n1. The summed E-state index contributed by atoms with van der Waals surface area (Å²) in [5.74, 6) is -1.15. The van der Waals surface area contributed by atoms with Crippen LogP contribution in [0.5, 0.6) is 0 Å². The lowest BCUT2D eigenvalue weighted by molar-refractivity contribution is 0.630. The molecule has 96 valence electrons. The van der Waals surface area contributed by atoms with E-state index in [1.165, 1.54) is 28.9 Å². The highest BCUT2D eigenvalue weighted by Crippen LogP contribution is 2.28. The maximum Gasteiger partial charge on any atom is 0.238 e. The Morgan fingerprint density at radius 3 is 2.68 bits per heavy atom. The molecule has 0 saturated heterocycles. The van der Waals surface area contributed by atoms with E-state index in [-0.39, 0.29) is 27.7 Å². The molecule has 7 heteroatoms. The van der Waals surface area contributed by atoms with Gasteiger partial charge in [0.25, 0.3) is 0 Å². The summed E-state index contributed by atoms with van der Waals surface area (Å²) in [7, 11) is 0. The predicted molar refractivity (Wildman–Crippen MR) is 67.8 cm³/mol. The second-order valence-electron chi connectivity index (χ2n) is 3.92. The highest BCUT2D eigenvalue weighted by atomic mass is 35.5. The van der Waals surface area contributed by atoms with Gasteiger partial charge in [-0.25, -0.2) is 18.3 Å². The van der Waals surface area contributed by atoms with Crippen LogP contribution < -0.4 is 5.73 Å². The van der Waals surface area contributed by atoms with Crippen molar-refractivity contribution in [3.8, 4) is 11.3 Å². The van der Waals surface area contributed by atoms with Crippen molar-refractivity contribution in [2.75, 3.05) is 5.73 Å². The minimum atomic E-state index is -0.566. The summed E-state index contributed by atoms with van der Waals surface area (Å²) < 4.78 is 28.8. The average molecular weight is 281 g/mol. The van der Waals surface area contributed by atoms with E-state index < -0.39 is 11.6 Å². The van der Waals surface area contributed by atoms with E-state index in [1.54, 1.807) is 0 Å². The van der Waals surface area contributed by atoms with Gasteiger partial charge in [-0.15, -0.1) is 5.10 Å². The van der Waals surface area contributed by atoms with Crippen LogP contribution >= 0.6 is 11.6 Å². The van der Waals surface area contributed by atoms with Gasteiger partial charge >= 0.3 is 0 Å². The van der Waals surface area contributed by atoms with Crippen LogP contribution in [-0.2, 0) is 0 Å². The number of rotatable bonds is 1. The van der Waals surface area contributed by atoms with E-state index in [1.807, 2.05) is 0 Å². The van der Waals surface area contributed by atoms with Gasteiger partial charge in [-0.05, 0) is 18.2 Å². The number of anilines is 1. The van der Waals surface area contributed by atoms with Crippen LogP contribution in [0.1, 0.15) is 0 Å². The van der Waals surface area contributed by atoms with Crippen molar-refractivity contribution >= 4 is 23.1 Å². The molecule has 0 aliphatic carbocycles. The summed E-state index contributed by atoms with van der Waals surface area (Å²) in [5, 5.41) is 4.14. The third kappa shape index (κ3) is 1.90. The average Bonchev–Trinajstić information content (AvgIpc) is 2.66. The fourth-order valence-electron chi connectivity index (χ4n) is 1.85. The minimum absolute atomic E-state index is 0.0290. The first-order valence-corrected chi connectivity index (χ1v) is 5.69. The van der Waals surface area contributed by atoms with E-state index in [2.05, 4.69) is 10.1 Å². The molecule has 0 radical (unpaired) electrons. The first-order valence-electron chi connectivity index (χ1n) is 5.31. The van der Waals surface area contributed by atoms with Crippen LogP contribution in [0, 0.1) is 11.6 Å². The van der Waals surface area contributed by atoms with Gasteiger partial charge in [0, 0.05) is 16.7 Å². The molecule has 0 atom stereocenters. The Morgan fingerprint density at radius 1 is 1.16 bits per heavy atom. The second kappa shape index (κ2) is 4.17. The highest BCUT2D eigenvalue weighted by molar-refractivity contribution is 6.30. The smallest absolute Gasteiger partial charge is 0.238 e. The van der Waals surface area contributed by atoms with E-state index in [0.29, 0.717) is 0 Å². The van der Waals surface area contributed by atoms with Gasteiger partial charge in [0.15, 0.2) is 5.82 Å². The van der Waals surface area contributed by atoms with Crippen LogP contribution in [0.15, 0.2) is 30.5 Å². The summed E-state index contributed by atoms with van der Waals surface area (Å²) >= 11 is 5.69. The third-order valence-corrected chi connectivity index (χ3v) is 2.93. The number of halogens is 3. The normalized spacial score (nSPS) is 11.1. The summed E-state index contributed by atoms with van der Waals surface area (Å²) in [6, 6.07) is 5.30. The Balaban J connectivity index is 2.33. The molecule has 3 aromatic rings. The van der Waals surface area contributed by atoms with Crippen LogP contribution in [0.25, 0.3) is 16.8 Å². The van der Waals surface area contributed by atoms with E-state index in [4.69, 9.17) is 17.3 Å². The zero-order valence-corrected chi connectivity index (χ0v) is 10.2. The van der Waals surface area contributed by atoms with Crippen molar-refractivity contribution < 1.29 is 8.78 Å². The maximum absolute atomic E-state index is 13.9. The monoisotopic (exact) mass is 280 g/mol. The van der Waals surface area contributed by atoms with Crippen LogP contribution in [0.3, 0.4) is 0 Å². The van der Waals surface area contributed by atoms with E-state index in [0.717, 1.165) is 6.07 Å². The van der Waals surface area contributed by atoms with E-state index >= 15 is 0 Å². The minimum Gasteiger partial charge on any atom is -0.367 e. The number of hydrogen-bond acceptors (Lipinski definition) is 3. The Labute approximate surface area is 111 Å². The fourth-order valence-corrected chi connectivity index (χ4v) is 2.01. The lowest BCUT2D eigenvalue weighted by Crippen LogP contribution is -2.02. The van der Waals surface area contributed by atoms with Gasteiger partial charge < -0.3 is 5.73 Å². The zero-order chi connectivity index (χ0) is 13.6. The topological polar surface area (TPSA) is 56.2 Å². The molecule has 0 unspecified atom stereocenters. The molecule has 0 aliphatic rings. The van der Waals surface area contributed by atoms with Gasteiger partial charge in [-0.1, -0.05) is 11.6 Å². The lowest BCUT2D eigenvalue weighted by Gasteiger charge is -2.04. The van der Waals surface area contributed by atoms with Gasteiger partial charge in [0.1, 0.15) is 11.3 Å². The molecule has 0 aliphatic heterocycles. The van der Waals surface area contributed by atoms with Crippen molar-refractivity contribution in [3.05, 3.63) is 47.1 Å². The summed E-state index contributed by atoms with van der Waals surface area (Å²) in [4.78, 5) is 3.70. The molecule has 0 fully saturated rings. The molecule has 0 amide bonds. The fraction of sp³-hybridized carbons (Fsp3) is 0. The number of benzene rings is 1. The van der Waals surface area contributed by atoms with Gasteiger partial charge in [0.05, 0.1) is 11.9 Å². The number of nitrogen functional groups attached to an aromatic ring is 1. The number of nitrogens with two attached hydrogens (primary N) is 1. The molecule has 19 heavy (non-hydrogen) atoms. The molecule has 3 rings (SSSR count). The molecule has 4 nitrogen and oxygen atoms in total. The first-order chi connectivity index (χ1) is 9.06. The largest absolute Gasteiger partial charge is 0.367 e. The number of nitrogens with zero attached hydrogens (tertiary/aromatic N) is 3. The Kier molecular flexibility index (Phi) is 2.60. The van der Waals surface area contributed by atoms with Crippen molar-refractivity contribution in [1.29, 1.82) is 0 Å². The Hall–Kier alpha value is -2.21. The quantitative estimate of drug-likeness (QED) is 0.746. The molecule has 2 heterocycles.